The minimum atomic E-state index is 0.460. The Balaban J connectivity index is 2.49. The number of pyridine rings is 1. The monoisotopic (exact) mass is 305 g/mol. The molecule has 1 aromatic rings. The van der Waals surface area contributed by atoms with E-state index in [1.54, 1.807) is 0 Å². The lowest BCUT2D eigenvalue weighted by molar-refractivity contribution is 0.535. The Kier molecular flexibility index (Phi) is 5.20. The number of nitrogens with two attached hydrogens (primary N) is 1. The Hall–Kier alpha value is -1.16. The first-order chi connectivity index (χ1) is 9.90. The minimum absolute atomic E-state index is 0.460. The lowest BCUT2D eigenvalue weighted by atomic mass is 10.0. The summed E-state index contributed by atoms with van der Waals surface area (Å²) in [7, 11) is 0. The average Bonchev–Trinajstić information content (AvgIpc) is 2.87. The largest absolute Gasteiger partial charge is 0.389 e. The molecule has 3 nitrogen and oxygen atoms in total. The van der Waals surface area contributed by atoms with Gasteiger partial charge in [-0.2, -0.15) is 0 Å². The van der Waals surface area contributed by atoms with Crippen LogP contribution in [0.3, 0.4) is 0 Å². The molecule has 0 radical (unpaired) electrons. The van der Waals surface area contributed by atoms with Gasteiger partial charge in [0.1, 0.15) is 4.99 Å². The standard InChI is InChI=1S/C17H27N3S/c1-11(2)10-20(14-7-5-6-8-14)15-9-12(3)19-13(4)16(15)17(18)21/h9,11,14H,5-8,10H2,1-4H3,(H2,18,21). The summed E-state index contributed by atoms with van der Waals surface area (Å²) >= 11 is 5.30. The van der Waals surface area contributed by atoms with Gasteiger partial charge in [0.2, 0.25) is 0 Å². The van der Waals surface area contributed by atoms with E-state index in [0.29, 0.717) is 16.9 Å². The summed E-state index contributed by atoms with van der Waals surface area (Å²) in [6, 6.07) is 2.77. The van der Waals surface area contributed by atoms with E-state index in [1.165, 1.54) is 31.4 Å². The Morgan fingerprint density at radius 2 is 2.00 bits per heavy atom. The smallest absolute Gasteiger partial charge is 0.107 e. The first-order valence-corrected chi connectivity index (χ1v) is 8.35. The molecule has 116 valence electrons. The van der Waals surface area contributed by atoms with E-state index in [2.05, 4.69) is 29.8 Å². The van der Waals surface area contributed by atoms with E-state index in [4.69, 9.17) is 18.0 Å². The first kappa shape index (κ1) is 16.2. The molecule has 0 atom stereocenters. The zero-order valence-electron chi connectivity index (χ0n) is 13.6. The highest BCUT2D eigenvalue weighted by molar-refractivity contribution is 7.80. The molecule has 2 N–H and O–H groups in total. The van der Waals surface area contributed by atoms with Crippen molar-refractivity contribution >= 4 is 22.9 Å². The average molecular weight is 305 g/mol. The Morgan fingerprint density at radius 1 is 1.38 bits per heavy atom. The first-order valence-electron chi connectivity index (χ1n) is 7.94. The van der Waals surface area contributed by atoms with Crippen LogP contribution in [0.25, 0.3) is 0 Å². The van der Waals surface area contributed by atoms with E-state index < -0.39 is 0 Å². The maximum atomic E-state index is 6.00. The fraction of sp³-hybridized carbons (Fsp3) is 0.647. The molecule has 2 rings (SSSR count). The molecule has 1 fully saturated rings. The second kappa shape index (κ2) is 6.73. The third-order valence-corrected chi connectivity index (χ3v) is 4.39. The molecule has 1 aliphatic rings. The van der Waals surface area contributed by atoms with Crippen molar-refractivity contribution in [1.29, 1.82) is 0 Å². The van der Waals surface area contributed by atoms with E-state index in [-0.39, 0.29) is 0 Å². The molecule has 1 heterocycles. The highest BCUT2D eigenvalue weighted by Gasteiger charge is 2.26. The molecule has 21 heavy (non-hydrogen) atoms. The fourth-order valence-electron chi connectivity index (χ4n) is 3.39. The van der Waals surface area contributed by atoms with Gasteiger partial charge >= 0.3 is 0 Å². The summed E-state index contributed by atoms with van der Waals surface area (Å²) < 4.78 is 0. The van der Waals surface area contributed by atoms with Crippen LogP contribution >= 0.6 is 12.2 Å². The molecule has 0 unspecified atom stereocenters. The van der Waals surface area contributed by atoms with Crippen LogP contribution in [0, 0.1) is 19.8 Å². The number of rotatable bonds is 5. The molecular formula is C17H27N3S. The highest BCUT2D eigenvalue weighted by atomic mass is 32.1. The van der Waals surface area contributed by atoms with Gasteiger partial charge in [0.05, 0.1) is 11.3 Å². The van der Waals surface area contributed by atoms with Gasteiger partial charge in [-0.15, -0.1) is 0 Å². The molecule has 1 aliphatic carbocycles. The lowest BCUT2D eigenvalue weighted by Crippen LogP contribution is -2.38. The van der Waals surface area contributed by atoms with Crippen LogP contribution in [0.2, 0.25) is 0 Å². The van der Waals surface area contributed by atoms with Gasteiger partial charge in [-0.25, -0.2) is 0 Å². The molecule has 0 bridgehead atoms. The number of aryl methyl sites for hydroxylation is 2. The Labute approximate surface area is 133 Å². The van der Waals surface area contributed by atoms with Crippen molar-refractivity contribution in [3.63, 3.8) is 0 Å². The van der Waals surface area contributed by atoms with Crippen LogP contribution in [0.15, 0.2) is 6.07 Å². The summed E-state index contributed by atoms with van der Waals surface area (Å²) in [5, 5.41) is 0. The number of nitrogens with zero attached hydrogens (tertiary/aromatic N) is 2. The molecule has 0 aromatic carbocycles. The van der Waals surface area contributed by atoms with E-state index in [9.17, 15) is 0 Å². The Bertz CT molecular complexity index is 519. The van der Waals surface area contributed by atoms with Gasteiger partial charge in [0.15, 0.2) is 0 Å². The number of anilines is 1. The Morgan fingerprint density at radius 3 is 2.52 bits per heavy atom. The molecule has 0 amide bonds. The predicted octanol–water partition coefficient (Wildman–Crippen LogP) is 3.74. The summed E-state index contributed by atoms with van der Waals surface area (Å²) in [5.74, 6) is 0.610. The van der Waals surface area contributed by atoms with Gasteiger partial charge in [0, 0.05) is 24.0 Å². The van der Waals surface area contributed by atoms with Crippen LogP contribution in [0.5, 0.6) is 0 Å². The lowest BCUT2D eigenvalue weighted by Gasteiger charge is -2.34. The maximum Gasteiger partial charge on any atom is 0.107 e. The molecule has 1 aromatic heterocycles. The van der Waals surface area contributed by atoms with Crippen LogP contribution in [0.4, 0.5) is 5.69 Å². The third kappa shape index (κ3) is 3.73. The summed E-state index contributed by atoms with van der Waals surface area (Å²) in [4.78, 5) is 7.54. The van der Waals surface area contributed by atoms with Crippen molar-refractivity contribution in [3.8, 4) is 0 Å². The van der Waals surface area contributed by atoms with Crippen LogP contribution in [-0.2, 0) is 0 Å². The van der Waals surface area contributed by atoms with E-state index in [0.717, 1.165) is 23.5 Å². The van der Waals surface area contributed by atoms with Crippen molar-refractivity contribution in [2.75, 3.05) is 11.4 Å². The molecule has 1 saturated carbocycles. The number of aromatic nitrogens is 1. The van der Waals surface area contributed by atoms with Gasteiger partial charge in [-0.1, -0.05) is 38.9 Å². The molecule has 0 spiro atoms. The normalized spacial score (nSPS) is 15.7. The quantitative estimate of drug-likeness (QED) is 0.842. The van der Waals surface area contributed by atoms with Crippen molar-refractivity contribution < 1.29 is 0 Å². The summed E-state index contributed by atoms with van der Waals surface area (Å²) in [5.41, 5.74) is 10.1. The molecular weight excluding hydrogens is 278 g/mol. The third-order valence-electron chi connectivity index (χ3n) is 4.19. The van der Waals surface area contributed by atoms with E-state index >= 15 is 0 Å². The fourth-order valence-corrected chi connectivity index (χ4v) is 3.64. The van der Waals surface area contributed by atoms with Crippen LogP contribution in [0.1, 0.15) is 56.5 Å². The maximum absolute atomic E-state index is 6.00. The molecule has 0 aliphatic heterocycles. The number of thiocarbonyl (C=S) groups is 1. The van der Waals surface area contributed by atoms with Crippen molar-refractivity contribution in [1.82, 2.24) is 4.98 Å². The summed E-state index contributed by atoms with van der Waals surface area (Å²) in [6.45, 7) is 9.63. The highest BCUT2D eigenvalue weighted by Crippen LogP contribution is 2.32. The topological polar surface area (TPSA) is 42.1 Å². The van der Waals surface area contributed by atoms with E-state index in [1.807, 2.05) is 13.8 Å². The minimum Gasteiger partial charge on any atom is -0.389 e. The van der Waals surface area contributed by atoms with Crippen molar-refractivity contribution in [2.24, 2.45) is 11.7 Å². The predicted molar refractivity (Wildman–Crippen MR) is 94.0 cm³/mol. The molecule has 0 saturated heterocycles. The van der Waals surface area contributed by atoms with Gasteiger partial charge < -0.3 is 10.6 Å². The SMILES string of the molecule is Cc1cc(N(CC(C)C)C2CCCC2)c(C(N)=S)c(C)n1. The van der Waals surface area contributed by atoms with Gasteiger partial charge in [0.25, 0.3) is 0 Å². The second-order valence-electron chi connectivity index (χ2n) is 6.59. The number of hydrogen-bond donors (Lipinski definition) is 1. The van der Waals surface area contributed by atoms with Crippen LogP contribution < -0.4 is 10.6 Å². The second-order valence-corrected chi connectivity index (χ2v) is 7.03. The zero-order chi connectivity index (χ0) is 15.6. The van der Waals surface area contributed by atoms with Gasteiger partial charge in [-0.3, -0.25) is 4.98 Å². The van der Waals surface area contributed by atoms with Crippen molar-refractivity contribution in [2.45, 2.75) is 59.4 Å². The van der Waals surface area contributed by atoms with Crippen molar-refractivity contribution in [3.05, 3.63) is 23.0 Å². The number of hydrogen-bond acceptors (Lipinski definition) is 3. The van der Waals surface area contributed by atoms with Crippen LogP contribution in [-0.4, -0.2) is 22.6 Å². The zero-order valence-corrected chi connectivity index (χ0v) is 14.5. The van der Waals surface area contributed by atoms with Gasteiger partial charge in [-0.05, 0) is 38.7 Å². The molecule has 4 heteroatoms. The summed E-state index contributed by atoms with van der Waals surface area (Å²) in [6.07, 6.45) is 5.18.